The summed E-state index contributed by atoms with van der Waals surface area (Å²) >= 11 is 5.43. The van der Waals surface area contributed by atoms with Crippen molar-refractivity contribution >= 4 is 24.0 Å². The minimum Gasteiger partial charge on any atom is -0.473 e. The number of hydrogen-bond donors (Lipinski definition) is 1. The van der Waals surface area contributed by atoms with Crippen LogP contribution in [0.5, 0.6) is 5.88 Å². The van der Waals surface area contributed by atoms with E-state index < -0.39 is 0 Å². The lowest BCUT2D eigenvalue weighted by molar-refractivity contribution is 0.0821. The second-order valence-electron chi connectivity index (χ2n) is 6.35. The predicted molar refractivity (Wildman–Crippen MR) is 108 cm³/mol. The van der Waals surface area contributed by atoms with E-state index in [-0.39, 0.29) is 18.5 Å². The van der Waals surface area contributed by atoms with Gasteiger partial charge in [0.15, 0.2) is 0 Å². The zero-order chi connectivity index (χ0) is 18.0. The molecule has 0 unspecified atom stereocenters. The normalized spacial score (nSPS) is 18.0. The summed E-state index contributed by atoms with van der Waals surface area (Å²) in [5, 5.41) is 3.89. The number of aromatic nitrogens is 3. The second-order valence-corrected chi connectivity index (χ2v) is 6.74. The van der Waals surface area contributed by atoms with Crippen LogP contribution >= 0.6 is 24.0 Å². The monoisotopic (exact) mass is 412 g/mol. The van der Waals surface area contributed by atoms with Crippen molar-refractivity contribution in [2.75, 3.05) is 26.3 Å². The highest BCUT2D eigenvalue weighted by molar-refractivity contribution is 6.29. The molecule has 2 aliphatic heterocycles. The van der Waals surface area contributed by atoms with E-state index in [4.69, 9.17) is 21.1 Å². The van der Waals surface area contributed by atoms with Crippen molar-refractivity contribution < 1.29 is 9.47 Å². The first kappa shape index (κ1) is 21.8. The van der Waals surface area contributed by atoms with E-state index in [0.29, 0.717) is 11.1 Å². The fourth-order valence-electron chi connectivity index (χ4n) is 3.09. The number of piperidine rings is 1. The summed E-state index contributed by atoms with van der Waals surface area (Å²) in [5.74, 6) is 1.17. The molecule has 27 heavy (non-hydrogen) atoms. The molecule has 6 nitrogen and oxygen atoms in total. The first-order valence-corrected chi connectivity index (χ1v) is 9.53. The molecule has 8 heteroatoms. The Labute approximate surface area is 171 Å². The molecule has 0 radical (unpaired) electrons. The fraction of sp³-hybridized carbons (Fsp3) is 0.526. The van der Waals surface area contributed by atoms with Gasteiger partial charge in [0.05, 0.1) is 0 Å². The summed E-state index contributed by atoms with van der Waals surface area (Å²) < 4.78 is 11.5. The van der Waals surface area contributed by atoms with Crippen LogP contribution < -0.4 is 10.1 Å². The molecule has 0 saturated carbocycles. The van der Waals surface area contributed by atoms with Crippen LogP contribution in [0.15, 0.2) is 36.8 Å². The van der Waals surface area contributed by atoms with Gasteiger partial charge in [-0.15, -0.1) is 12.4 Å². The molecule has 4 rings (SSSR count). The lowest BCUT2D eigenvalue weighted by atomic mass is 9.96. The van der Waals surface area contributed by atoms with E-state index in [1.54, 1.807) is 24.7 Å². The quantitative estimate of drug-likeness (QED) is 0.775. The molecule has 0 amide bonds. The maximum absolute atomic E-state index is 6.09. The predicted octanol–water partition coefficient (Wildman–Crippen LogP) is 3.66. The Morgan fingerprint density at radius 1 is 0.963 bits per heavy atom. The zero-order valence-electron chi connectivity index (χ0n) is 15.2. The van der Waals surface area contributed by atoms with Crippen LogP contribution in [0.4, 0.5) is 0 Å². The first-order valence-electron chi connectivity index (χ1n) is 9.15. The molecule has 2 aliphatic rings. The van der Waals surface area contributed by atoms with Gasteiger partial charge in [-0.25, -0.2) is 9.97 Å². The van der Waals surface area contributed by atoms with E-state index in [0.717, 1.165) is 63.6 Å². The van der Waals surface area contributed by atoms with Gasteiger partial charge in [-0.1, -0.05) is 17.7 Å². The molecule has 0 atom stereocenters. The maximum atomic E-state index is 6.09. The van der Waals surface area contributed by atoms with E-state index in [1.165, 1.54) is 0 Å². The second kappa shape index (κ2) is 12.1. The molecule has 0 aromatic carbocycles. The average Bonchev–Trinajstić information content (AvgIpc) is 2.71. The standard InChI is InChI=1S/C14H21N3O2.C5H4ClN.ClH/c1-5-15-6-2-12(1)19-14-13(16-7-8-17-14)11-3-9-18-10-4-11;6-5-3-1-2-4-7-5;/h7-8,11-12,15H,1-6,9-10H2;1-4H;1H. The highest BCUT2D eigenvalue weighted by atomic mass is 35.5. The molecule has 2 fully saturated rings. The highest BCUT2D eigenvalue weighted by Crippen LogP contribution is 2.31. The van der Waals surface area contributed by atoms with Crippen LogP contribution in [0.25, 0.3) is 0 Å². The van der Waals surface area contributed by atoms with E-state index in [9.17, 15) is 0 Å². The van der Waals surface area contributed by atoms with E-state index in [1.807, 2.05) is 12.1 Å². The van der Waals surface area contributed by atoms with Crippen molar-refractivity contribution in [3.05, 3.63) is 47.6 Å². The van der Waals surface area contributed by atoms with Gasteiger partial charge in [-0.3, -0.25) is 4.98 Å². The summed E-state index contributed by atoms with van der Waals surface area (Å²) in [6.45, 7) is 3.68. The molecule has 2 aromatic heterocycles. The largest absolute Gasteiger partial charge is 0.473 e. The molecule has 148 valence electrons. The third kappa shape index (κ3) is 7.22. The summed E-state index contributed by atoms with van der Waals surface area (Å²) in [6.07, 6.45) is 9.54. The highest BCUT2D eigenvalue weighted by Gasteiger charge is 2.24. The van der Waals surface area contributed by atoms with Gasteiger partial charge >= 0.3 is 0 Å². The zero-order valence-corrected chi connectivity index (χ0v) is 16.8. The van der Waals surface area contributed by atoms with Crippen molar-refractivity contribution in [3.63, 3.8) is 0 Å². The molecule has 2 saturated heterocycles. The number of rotatable bonds is 3. The van der Waals surface area contributed by atoms with Gasteiger partial charge in [-0.05, 0) is 50.9 Å². The number of pyridine rings is 1. The van der Waals surface area contributed by atoms with Crippen LogP contribution in [-0.2, 0) is 4.74 Å². The molecular formula is C19H26Cl2N4O2. The smallest absolute Gasteiger partial charge is 0.236 e. The van der Waals surface area contributed by atoms with Crippen LogP contribution in [-0.4, -0.2) is 47.4 Å². The summed E-state index contributed by atoms with van der Waals surface area (Å²) in [6, 6.07) is 5.41. The Morgan fingerprint density at radius 3 is 2.33 bits per heavy atom. The Bertz CT molecular complexity index is 651. The lowest BCUT2D eigenvalue weighted by Crippen LogP contribution is -2.34. The number of nitrogens with zero attached hydrogens (tertiary/aromatic N) is 3. The van der Waals surface area contributed by atoms with Crippen molar-refractivity contribution in [1.82, 2.24) is 20.3 Å². The molecule has 0 spiro atoms. The van der Waals surface area contributed by atoms with Gasteiger partial charge in [0.2, 0.25) is 5.88 Å². The molecule has 4 heterocycles. The van der Waals surface area contributed by atoms with Gasteiger partial charge in [0.25, 0.3) is 0 Å². The molecular weight excluding hydrogens is 387 g/mol. The molecule has 1 N–H and O–H groups in total. The minimum absolute atomic E-state index is 0. The SMILES string of the molecule is Cl.Clc1ccccn1.c1cnc(C2CCOCC2)c(OC2CCNCC2)n1. The van der Waals surface area contributed by atoms with Gasteiger partial charge in [-0.2, -0.15) is 0 Å². The van der Waals surface area contributed by atoms with E-state index >= 15 is 0 Å². The van der Waals surface area contributed by atoms with Gasteiger partial charge in [0, 0.05) is 37.7 Å². The van der Waals surface area contributed by atoms with Gasteiger partial charge in [0.1, 0.15) is 17.0 Å². The van der Waals surface area contributed by atoms with E-state index in [2.05, 4.69) is 20.3 Å². The molecule has 2 aromatic rings. The topological polar surface area (TPSA) is 69.2 Å². The van der Waals surface area contributed by atoms with Crippen LogP contribution in [0.3, 0.4) is 0 Å². The Hall–Kier alpha value is -1.47. The Morgan fingerprint density at radius 2 is 1.70 bits per heavy atom. The van der Waals surface area contributed by atoms with Crippen molar-refractivity contribution in [2.24, 2.45) is 0 Å². The Kier molecular flexibility index (Phi) is 9.77. The fourth-order valence-corrected chi connectivity index (χ4v) is 3.22. The third-order valence-electron chi connectivity index (χ3n) is 4.49. The molecule has 0 aliphatic carbocycles. The summed E-state index contributed by atoms with van der Waals surface area (Å²) in [4.78, 5) is 12.7. The van der Waals surface area contributed by atoms with Crippen LogP contribution in [0.2, 0.25) is 5.15 Å². The lowest BCUT2D eigenvalue weighted by Gasteiger charge is -2.26. The van der Waals surface area contributed by atoms with Gasteiger partial charge < -0.3 is 14.8 Å². The van der Waals surface area contributed by atoms with Crippen LogP contribution in [0, 0.1) is 0 Å². The number of hydrogen-bond acceptors (Lipinski definition) is 6. The third-order valence-corrected chi connectivity index (χ3v) is 4.72. The summed E-state index contributed by atoms with van der Waals surface area (Å²) in [5.41, 5.74) is 1.02. The summed E-state index contributed by atoms with van der Waals surface area (Å²) in [7, 11) is 0. The maximum Gasteiger partial charge on any atom is 0.236 e. The number of nitrogens with one attached hydrogen (secondary N) is 1. The molecule has 0 bridgehead atoms. The Balaban J connectivity index is 0.000000278. The number of halogens is 2. The van der Waals surface area contributed by atoms with Crippen molar-refractivity contribution in [2.45, 2.75) is 37.7 Å². The first-order chi connectivity index (χ1) is 12.8. The van der Waals surface area contributed by atoms with Crippen LogP contribution in [0.1, 0.15) is 37.3 Å². The van der Waals surface area contributed by atoms with Crippen molar-refractivity contribution in [1.29, 1.82) is 0 Å². The number of ether oxygens (including phenoxy) is 2. The van der Waals surface area contributed by atoms with Crippen molar-refractivity contribution in [3.8, 4) is 5.88 Å². The average molecular weight is 413 g/mol. The minimum atomic E-state index is 0.